The van der Waals surface area contributed by atoms with Crippen molar-refractivity contribution in [1.29, 1.82) is 0 Å². The molecule has 2 aliphatic rings. The van der Waals surface area contributed by atoms with E-state index in [-0.39, 0.29) is 12.1 Å². The SMILES string of the molecule is CC(=O)OC1CCCC1C1CCCC1. The van der Waals surface area contributed by atoms with Crippen LogP contribution in [0.3, 0.4) is 0 Å². The summed E-state index contributed by atoms with van der Waals surface area (Å²) in [5, 5.41) is 0. The first kappa shape index (κ1) is 10.0. The van der Waals surface area contributed by atoms with Gasteiger partial charge in [-0.05, 0) is 31.1 Å². The zero-order chi connectivity index (χ0) is 9.97. The van der Waals surface area contributed by atoms with Crippen molar-refractivity contribution in [3.63, 3.8) is 0 Å². The number of esters is 1. The minimum atomic E-state index is -0.0973. The lowest BCUT2D eigenvalue weighted by Gasteiger charge is -2.24. The van der Waals surface area contributed by atoms with E-state index in [9.17, 15) is 4.79 Å². The van der Waals surface area contributed by atoms with Gasteiger partial charge in [0.25, 0.3) is 0 Å². The fourth-order valence-electron chi connectivity index (χ4n) is 3.24. The van der Waals surface area contributed by atoms with Crippen molar-refractivity contribution >= 4 is 5.97 Å². The molecule has 0 N–H and O–H groups in total. The smallest absolute Gasteiger partial charge is 0.302 e. The van der Waals surface area contributed by atoms with Crippen molar-refractivity contribution in [2.45, 2.75) is 58.0 Å². The molecule has 2 fully saturated rings. The standard InChI is InChI=1S/C12H20O2/c1-9(13)14-12-8-4-7-11(12)10-5-2-3-6-10/h10-12H,2-8H2,1H3. The second kappa shape index (κ2) is 4.33. The Labute approximate surface area is 86.0 Å². The molecule has 14 heavy (non-hydrogen) atoms. The van der Waals surface area contributed by atoms with Gasteiger partial charge in [0.1, 0.15) is 6.10 Å². The summed E-state index contributed by atoms with van der Waals surface area (Å²) in [7, 11) is 0. The van der Waals surface area contributed by atoms with Gasteiger partial charge in [-0.3, -0.25) is 4.79 Å². The molecule has 0 aromatic carbocycles. The Morgan fingerprint density at radius 2 is 1.79 bits per heavy atom. The van der Waals surface area contributed by atoms with Crippen LogP contribution in [-0.4, -0.2) is 12.1 Å². The van der Waals surface area contributed by atoms with Crippen molar-refractivity contribution < 1.29 is 9.53 Å². The van der Waals surface area contributed by atoms with Crippen LogP contribution in [0.25, 0.3) is 0 Å². The lowest BCUT2D eigenvalue weighted by Crippen LogP contribution is -2.25. The zero-order valence-corrected chi connectivity index (χ0v) is 9.00. The molecule has 0 radical (unpaired) electrons. The highest BCUT2D eigenvalue weighted by atomic mass is 16.5. The lowest BCUT2D eigenvalue weighted by atomic mass is 9.88. The summed E-state index contributed by atoms with van der Waals surface area (Å²) in [6, 6.07) is 0. The fourth-order valence-corrected chi connectivity index (χ4v) is 3.24. The summed E-state index contributed by atoms with van der Waals surface area (Å²) in [5.74, 6) is 1.43. The molecule has 2 nitrogen and oxygen atoms in total. The second-order valence-corrected chi connectivity index (χ2v) is 4.79. The maximum Gasteiger partial charge on any atom is 0.302 e. The molecule has 0 heterocycles. The van der Waals surface area contributed by atoms with Gasteiger partial charge in [0, 0.05) is 6.92 Å². The second-order valence-electron chi connectivity index (χ2n) is 4.79. The maximum absolute atomic E-state index is 10.9. The Bertz CT molecular complexity index is 206. The van der Waals surface area contributed by atoms with E-state index in [0.717, 1.165) is 12.3 Å². The van der Waals surface area contributed by atoms with Crippen LogP contribution in [0, 0.1) is 11.8 Å². The first-order valence-electron chi connectivity index (χ1n) is 5.94. The summed E-state index contributed by atoms with van der Waals surface area (Å²) in [5.41, 5.74) is 0. The van der Waals surface area contributed by atoms with Crippen LogP contribution in [0.15, 0.2) is 0 Å². The van der Waals surface area contributed by atoms with Gasteiger partial charge in [0.15, 0.2) is 0 Å². The third-order valence-electron chi connectivity index (χ3n) is 3.83. The van der Waals surface area contributed by atoms with Gasteiger partial charge in [-0.2, -0.15) is 0 Å². The van der Waals surface area contributed by atoms with E-state index in [2.05, 4.69) is 0 Å². The largest absolute Gasteiger partial charge is 0.462 e. The van der Waals surface area contributed by atoms with Crippen molar-refractivity contribution in [2.24, 2.45) is 11.8 Å². The average Bonchev–Trinajstić information content (AvgIpc) is 2.70. The summed E-state index contributed by atoms with van der Waals surface area (Å²) >= 11 is 0. The van der Waals surface area contributed by atoms with Crippen LogP contribution >= 0.6 is 0 Å². The van der Waals surface area contributed by atoms with Crippen molar-refractivity contribution in [2.75, 3.05) is 0 Å². The number of carbonyl (C=O) groups is 1. The molecular formula is C12H20O2. The lowest BCUT2D eigenvalue weighted by molar-refractivity contribution is -0.148. The first-order chi connectivity index (χ1) is 6.77. The van der Waals surface area contributed by atoms with Crippen molar-refractivity contribution in [3.8, 4) is 0 Å². The minimum Gasteiger partial charge on any atom is -0.462 e. The molecule has 0 aromatic heterocycles. The van der Waals surface area contributed by atoms with E-state index < -0.39 is 0 Å². The summed E-state index contributed by atoms with van der Waals surface area (Å²) in [6.07, 6.45) is 9.37. The Hall–Kier alpha value is -0.530. The monoisotopic (exact) mass is 196 g/mol. The number of carbonyl (C=O) groups excluding carboxylic acids is 1. The Kier molecular flexibility index (Phi) is 3.09. The molecule has 2 aliphatic carbocycles. The van der Waals surface area contributed by atoms with Gasteiger partial charge in [0.2, 0.25) is 0 Å². The van der Waals surface area contributed by atoms with Crippen LogP contribution in [0.1, 0.15) is 51.9 Å². The van der Waals surface area contributed by atoms with E-state index >= 15 is 0 Å². The summed E-state index contributed by atoms with van der Waals surface area (Å²) < 4.78 is 5.40. The maximum atomic E-state index is 10.9. The van der Waals surface area contributed by atoms with Gasteiger partial charge in [-0.1, -0.05) is 25.7 Å². The van der Waals surface area contributed by atoms with E-state index in [4.69, 9.17) is 4.74 Å². The molecule has 2 rings (SSSR count). The molecule has 0 bridgehead atoms. The van der Waals surface area contributed by atoms with Gasteiger partial charge < -0.3 is 4.74 Å². The molecule has 0 aliphatic heterocycles. The van der Waals surface area contributed by atoms with Crippen LogP contribution in [0.4, 0.5) is 0 Å². The molecule has 2 atom stereocenters. The molecule has 0 saturated heterocycles. The Balaban J connectivity index is 1.92. The van der Waals surface area contributed by atoms with Crippen LogP contribution in [0.2, 0.25) is 0 Å². The molecule has 2 unspecified atom stereocenters. The predicted octanol–water partition coefficient (Wildman–Crippen LogP) is 2.91. The van der Waals surface area contributed by atoms with E-state index in [1.165, 1.54) is 45.4 Å². The van der Waals surface area contributed by atoms with E-state index in [0.29, 0.717) is 5.92 Å². The highest BCUT2D eigenvalue weighted by Gasteiger charge is 2.36. The minimum absolute atomic E-state index is 0.0973. The predicted molar refractivity (Wildman–Crippen MR) is 54.9 cm³/mol. The third-order valence-corrected chi connectivity index (χ3v) is 3.83. The molecule has 0 spiro atoms. The molecule has 2 heteroatoms. The van der Waals surface area contributed by atoms with Crippen molar-refractivity contribution in [3.05, 3.63) is 0 Å². The number of hydrogen-bond acceptors (Lipinski definition) is 2. The highest BCUT2D eigenvalue weighted by molar-refractivity contribution is 5.66. The van der Waals surface area contributed by atoms with Gasteiger partial charge >= 0.3 is 5.97 Å². The first-order valence-corrected chi connectivity index (χ1v) is 5.94. The van der Waals surface area contributed by atoms with E-state index in [1.807, 2.05) is 0 Å². The normalized spacial score (nSPS) is 33.5. The van der Waals surface area contributed by atoms with Gasteiger partial charge in [0.05, 0.1) is 0 Å². The van der Waals surface area contributed by atoms with E-state index in [1.54, 1.807) is 0 Å². The highest BCUT2D eigenvalue weighted by Crippen LogP contribution is 2.41. The number of rotatable bonds is 2. The van der Waals surface area contributed by atoms with Crippen molar-refractivity contribution in [1.82, 2.24) is 0 Å². The summed E-state index contributed by atoms with van der Waals surface area (Å²) in [6.45, 7) is 1.53. The molecule has 2 saturated carbocycles. The zero-order valence-electron chi connectivity index (χ0n) is 9.00. The van der Waals surface area contributed by atoms with Crippen LogP contribution < -0.4 is 0 Å². The topological polar surface area (TPSA) is 26.3 Å². The Morgan fingerprint density at radius 1 is 1.07 bits per heavy atom. The third kappa shape index (κ3) is 2.10. The summed E-state index contributed by atoms with van der Waals surface area (Å²) in [4.78, 5) is 10.9. The molecule has 0 aromatic rings. The fraction of sp³-hybridized carbons (Fsp3) is 0.917. The quantitative estimate of drug-likeness (QED) is 0.635. The Morgan fingerprint density at radius 3 is 2.43 bits per heavy atom. The molecule has 80 valence electrons. The van der Waals surface area contributed by atoms with Gasteiger partial charge in [-0.15, -0.1) is 0 Å². The average molecular weight is 196 g/mol. The molecular weight excluding hydrogens is 176 g/mol. The molecule has 0 amide bonds. The van der Waals surface area contributed by atoms with Crippen LogP contribution in [0.5, 0.6) is 0 Å². The van der Waals surface area contributed by atoms with Gasteiger partial charge in [-0.25, -0.2) is 0 Å². The number of ether oxygens (including phenoxy) is 1. The number of hydrogen-bond donors (Lipinski definition) is 0. The van der Waals surface area contributed by atoms with Crippen LogP contribution in [-0.2, 0) is 9.53 Å².